The van der Waals surface area contributed by atoms with Gasteiger partial charge in [-0.25, -0.2) is 9.59 Å². The zero-order valence-corrected chi connectivity index (χ0v) is 20.7. The van der Waals surface area contributed by atoms with Crippen LogP contribution in [-0.4, -0.2) is 45.7 Å². The summed E-state index contributed by atoms with van der Waals surface area (Å²) < 4.78 is 5.66. The highest BCUT2D eigenvalue weighted by Crippen LogP contribution is 2.41. The largest absolute Gasteiger partial charge is 0.480 e. The van der Waals surface area contributed by atoms with Crippen LogP contribution >= 0.6 is 0 Å². The number of ether oxygens (including phenoxy) is 1. The number of likely N-dealkylation sites (tertiary alicyclic amines) is 1. The van der Waals surface area contributed by atoms with E-state index < -0.39 is 35.8 Å². The topological polar surface area (TPSA) is 87.2 Å². The molecule has 0 aromatic heterocycles. The van der Waals surface area contributed by atoms with Crippen molar-refractivity contribution in [2.45, 2.75) is 63.8 Å². The zero-order valence-electron chi connectivity index (χ0n) is 20.7. The van der Waals surface area contributed by atoms with Crippen molar-refractivity contribution in [2.75, 3.05) is 4.90 Å². The number of amides is 2. The Balaban J connectivity index is 1.53. The molecule has 5 rings (SSSR count). The third-order valence-electron chi connectivity index (χ3n) is 6.93. The Labute approximate surface area is 210 Å². The molecule has 3 atom stereocenters. The van der Waals surface area contributed by atoms with E-state index in [-0.39, 0.29) is 5.91 Å². The van der Waals surface area contributed by atoms with Gasteiger partial charge in [0.2, 0.25) is 5.91 Å². The standard InChI is InChI=1S/C29H30N2O5/c1-29(2,3)36-28(35)31-22-11-7-6-10-20(22)17-25(31)26(32)30-23(14-15-24(30)27(33)34)21-13-12-18-8-4-5-9-19(18)16-21/h4-13,16,23-25H,14-15,17H2,1-3H3,(H,33,34)/t23-,24+,25+/m0/s1. The number of aliphatic carboxylic acids is 1. The van der Waals surface area contributed by atoms with Gasteiger partial charge in [0.25, 0.3) is 0 Å². The van der Waals surface area contributed by atoms with Gasteiger partial charge >= 0.3 is 12.1 Å². The number of rotatable bonds is 3. The molecule has 1 N–H and O–H groups in total. The molecule has 0 unspecified atom stereocenters. The fraction of sp³-hybridized carbons (Fsp3) is 0.345. The molecule has 0 bridgehead atoms. The third kappa shape index (κ3) is 4.30. The molecule has 2 aliphatic heterocycles. The van der Waals surface area contributed by atoms with E-state index in [9.17, 15) is 19.5 Å². The average molecular weight is 487 g/mol. The van der Waals surface area contributed by atoms with E-state index in [0.717, 1.165) is 21.9 Å². The van der Waals surface area contributed by atoms with Gasteiger partial charge in [0, 0.05) is 6.42 Å². The van der Waals surface area contributed by atoms with Crippen molar-refractivity contribution in [3.8, 4) is 0 Å². The zero-order chi connectivity index (χ0) is 25.6. The molecule has 7 heteroatoms. The van der Waals surface area contributed by atoms with Crippen LogP contribution in [0.2, 0.25) is 0 Å². The number of hydrogen-bond donors (Lipinski definition) is 1. The highest BCUT2D eigenvalue weighted by molar-refractivity contribution is 6.02. The number of carbonyl (C=O) groups is 3. The van der Waals surface area contributed by atoms with E-state index in [1.54, 1.807) is 26.8 Å². The number of hydrogen-bond acceptors (Lipinski definition) is 4. The summed E-state index contributed by atoms with van der Waals surface area (Å²) in [6.45, 7) is 5.33. The SMILES string of the molecule is CC(C)(C)OC(=O)N1c2ccccc2C[C@@H]1C(=O)N1[C@@H](C(=O)O)CC[C@H]1c1ccc2ccccc2c1. The second kappa shape index (κ2) is 8.97. The van der Waals surface area contributed by atoms with Crippen LogP contribution in [-0.2, 0) is 20.7 Å². The molecule has 2 amide bonds. The lowest BCUT2D eigenvalue weighted by Crippen LogP contribution is -2.53. The normalized spacial score (nSPS) is 21.5. The van der Waals surface area contributed by atoms with Crippen LogP contribution < -0.4 is 4.90 Å². The Bertz CT molecular complexity index is 1340. The number of fused-ring (bicyclic) bond motifs is 2. The summed E-state index contributed by atoms with van der Waals surface area (Å²) in [5.41, 5.74) is 1.63. The Morgan fingerprint density at radius 3 is 2.31 bits per heavy atom. The van der Waals surface area contributed by atoms with Crippen LogP contribution in [0.4, 0.5) is 10.5 Å². The minimum Gasteiger partial charge on any atom is -0.480 e. The van der Waals surface area contributed by atoms with Crippen molar-refractivity contribution < 1.29 is 24.2 Å². The minimum atomic E-state index is -1.04. The van der Waals surface area contributed by atoms with E-state index in [4.69, 9.17) is 4.74 Å². The predicted octanol–water partition coefficient (Wildman–Crippen LogP) is 5.32. The number of benzene rings is 3. The number of carboxylic acids is 1. The lowest BCUT2D eigenvalue weighted by atomic mass is 9.99. The molecular formula is C29H30N2O5. The van der Waals surface area contributed by atoms with Crippen molar-refractivity contribution in [1.29, 1.82) is 0 Å². The van der Waals surface area contributed by atoms with Crippen LogP contribution in [0, 0.1) is 0 Å². The van der Waals surface area contributed by atoms with E-state index in [2.05, 4.69) is 0 Å². The smallest absolute Gasteiger partial charge is 0.415 e. The van der Waals surface area contributed by atoms with Gasteiger partial charge in [-0.15, -0.1) is 0 Å². The Morgan fingerprint density at radius 1 is 0.889 bits per heavy atom. The van der Waals surface area contributed by atoms with Gasteiger partial charge in [-0.3, -0.25) is 9.69 Å². The van der Waals surface area contributed by atoms with Crippen molar-refractivity contribution in [2.24, 2.45) is 0 Å². The Kier molecular flexibility index (Phi) is 5.94. The first-order valence-electron chi connectivity index (χ1n) is 12.3. The van der Waals surface area contributed by atoms with Crippen LogP contribution in [0.3, 0.4) is 0 Å². The average Bonchev–Trinajstić information content (AvgIpc) is 3.45. The van der Waals surface area contributed by atoms with Gasteiger partial charge in [0.05, 0.1) is 11.7 Å². The number of carbonyl (C=O) groups excluding carboxylic acids is 2. The summed E-state index contributed by atoms with van der Waals surface area (Å²) in [6, 6.07) is 19.1. The first-order valence-corrected chi connectivity index (χ1v) is 12.3. The van der Waals surface area contributed by atoms with Gasteiger partial charge in [-0.1, -0.05) is 54.6 Å². The maximum Gasteiger partial charge on any atom is 0.415 e. The number of para-hydroxylation sites is 1. The fourth-order valence-electron chi connectivity index (χ4n) is 5.40. The molecule has 1 saturated heterocycles. The predicted molar refractivity (Wildman–Crippen MR) is 137 cm³/mol. The van der Waals surface area contributed by atoms with Crippen molar-refractivity contribution >= 4 is 34.4 Å². The minimum absolute atomic E-state index is 0.307. The Morgan fingerprint density at radius 2 is 1.58 bits per heavy atom. The van der Waals surface area contributed by atoms with Gasteiger partial charge in [0.1, 0.15) is 17.7 Å². The molecule has 2 heterocycles. The summed E-state index contributed by atoms with van der Waals surface area (Å²) >= 11 is 0. The van der Waals surface area contributed by atoms with Gasteiger partial charge in [0.15, 0.2) is 0 Å². The molecule has 0 saturated carbocycles. The summed E-state index contributed by atoms with van der Waals surface area (Å²) in [7, 11) is 0. The highest BCUT2D eigenvalue weighted by Gasteiger charge is 2.48. The van der Waals surface area contributed by atoms with Crippen molar-refractivity contribution in [3.63, 3.8) is 0 Å². The molecule has 0 aliphatic carbocycles. The van der Waals surface area contributed by atoms with Crippen LogP contribution in [0.5, 0.6) is 0 Å². The molecular weight excluding hydrogens is 456 g/mol. The van der Waals surface area contributed by atoms with Crippen LogP contribution in [0.25, 0.3) is 10.8 Å². The quantitative estimate of drug-likeness (QED) is 0.541. The van der Waals surface area contributed by atoms with Crippen LogP contribution in [0.1, 0.15) is 50.8 Å². The van der Waals surface area contributed by atoms with Crippen molar-refractivity contribution in [1.82, 2.24) is 4.90 Å². The lowest BCUT2D eigenvalue weighted by Gasteiger charge is -2.34. The molecule has 3 aromatic rings. The second-order valence-electron chi connectivity index (χ2n) is 10.5. The number of anilines is 1. The van der Waals surface area contributed by atoms with Crippen molar-refractivity contribution in [3.05, 3.63) is 77.9 Å². The molecule has 3 aromatic carbocycles. The van der Waals surface area contributed by atoms with Gasteiger partial charge < -0.3 is 14.7 Å². The summed E-state index contributed by atoms with van der Waals surface area (Å²) in [6.07, 6.45) is 0.582. The van der Waals surface area contributed by atoms with E-state index in [0.29, 0.717) is 24.9 Å². The fourth-order valence-corrected chi connectivity index (χ4v) is 5.40. The molecule has 186 valence electrons. The van der Waals surface area contributed by atoms with E-state index in [1.165, 1.54) is 9.80 Å². The first kappa shape index (κ1) is 23.9. The maximum atomic E-state index is 14.2. The molecule has 0 spiro atoms. The maximum absolute atomic E-state index is 14.2. The second-order valence-corrected chi connectivity index (χ2v) is 10.5. The number of nitrogens with zero attached hydrogens (tertiary/aromatic N) is 2. The monoisotopic (exact) mass is 486 g/mol. The summed E-state index contributed by atoms with van der Waals surface area (Å²) in [5.74, 6) is -1.41. The highest BCUT2D eigenvalue weighted by atomic mass is 16.6. The first-order chi connectivity index (χ1) is 17.1. The number of carboxylic acid groups (broad SMARTS) is 1. The summed E-state index contributed by atoms with van der Waals surface area (Å²) in [4.78, 5) is 42.6. The molecule has 36 heavy (non-hydrogen) atoms. The van der Waals surface area contributed by atoms with E-state index in [1.807, 2.05) is 60.7 Å². The lowest BCUT2D eigenvalue weighted by molar-refractivity contribution is -0.150. The molecule has 7 nitrogen and oxygen atoms in total. The third-order valence-corrected chi connectivity index (χ3v) is 6.93. The van der Waals surface area contributed by atoms with Gasteiger partial charge in [-0.2, -0.15) is 0 Å². The van der Waals surface area contributed by atoms with Gasteiger partial charge in [-0.05, 0) is 67.6 Å². The van der Waals surface area contributed by atoms with Crippen LogP contribution in [0.15, 0.2) is 66.7 Å². The molecule has 0 radical (unpaired) electrons. The molecule has 1 fully saturated rings. The molecule has 2 aliphatic rings. The van der Waals surface area contributed by atoms with E-state index >= 15 is 0 Å². The Hall–Kier alpha value is -3.87. The summed E-state index contributed by atoms with van der Waals surface area (Å²) in [5, 5.41) is 12.1.